The van der Waals surface area contributed by atoms with Gasteiger partial charge >= 0.3 is 5.97 Å². The van der Waals surface area contributed by atoms with Crippen molar-refractivity contribution in [2.24, 2.45) is 7.05 Å². The van der Waals surface area contributed by atoms with Gasteiger partial charge in [-0.25, -0.2) is 4.79 Å². The highest BCUT2D eigenvalue weighted by Gasteiger charge is 2.29. The zero-order chi connectivity index (χ0) is 20.1. The summed E-state index contributed by atoms with van der Waals surface area (Å²) in [4.78, 5) is 26.6. The van der Waals surface area contributed by atoms with Crippen LogP contribution in [0.1, 0.15) is 47.1 Å². The van der Waals surface area contributed by atoms with Crippen molar-refractivity contribution in [2.75, 3.05) is 19.8 Å². The first-order chi connectivity index (χ1) is 13.5. The highest BCUT2D eigenvalue weighted by atomic mass is 16.5. The van der Waals surface area contributed by atoms with Crippen molar-refractivity contribution < 1.29 is 19.1 Å². The van der Waals surface area contributed by atoms with Gasteiger partial charge in [-0.15, -0.1) is 0 Å². The Bertz CT molecular complexity index is 842. The molecule has 0 saturated carbocycles. The molecule has 3 rings (SSSR count). The number of aryl methyl sites for hydroxylation is 2. The monoisotopic (exact) mass is 385 g/mol. The second kappa shape index (κ2) is 8.91. The normalized spacial score (nSPS) is 13.2. The fraction of sp³-hybridized carbons (Fsp3) is 0.476. The lowest BCUT2D eigenvalue weighted by Gasteiger charge is -2.27. The number of benzene rings is 1. The van der Waals surface area contributed by atoms with Gasteiger partial charge in [0.05, 0.1) is 18.9 Å². The van der Waals surface area contributed by atoms with Gasteiger partial charge in [-0.05, 0) is 32.4 Å². The molecule has 2 heterocycles. The number of amides is 1. The summed E-state index contributed by atoms with van der Waals surface area (Å²) >= 11 is 0. The molecule has 1 aromatic carbocycles. The maximum absolute atomic E-state index is 12.6. The standard InChI is InChI=1S/C21H27N3O4/c1-4-27-21(26)20-17-14-24(12-11-18(17)22-23(20)3)19(25)6-5-13-28-16-9-7-15(2)8-10-16/h7-10H,4-6,11-14H2,1-3H3. The Labute approximate surface area is 165 Å². The van der Waals surface area contributed by atoms with Crippen molar-refractivity contribution in [1.82, 2.24) is 14.7 Å². The molecular weight excluding hydrogens is 358 g/mol. The molecule has 0 fully saturated rings. The van der Waals surface area contributed by atoms with Crippen molar-refractivity contribution in [2.45, 2.75) is 39.7 Å². The van der Waals surface area contributed by atoms with E-state index < -0.39 is 0 Å². The second-order valence-electron chi connectivity index (χ2n) is 6.95. The first-order valence-electron chi connectivity index (χ1n) is 9.68. The van der Waals surface area contributed by atoms with E-state index in [0.29, 0.717) is 51.3 Å². The van der Waals surface area contributed by atoms with Crippen LogP contribution in [-0.2, 0) is 29.5 Å². The minimum absolute atomic E-state index is 0.0665. The van der Waals surface area contributed by atoms with Crippen LogP contribution in [0.15, 0.2) is 24.3 Å². The van der Waals surface area contributed by atoms with E-state index in [1.54, 1.807) is 23.6 Å². The lowest BCUT2D eigenvalue weighted by molar-refractivity contribution is -0.132. The van der Waals surface area contributed by atoms with Gasteiger partial charge < -0.3 is 14.4 Å². The Morgan fingerprint density at radius 1 is 1.21 bits per heavy atom. The van der Waals surface area contributed by atoms with Crippen molar-refractivity contribution in [3.05, 3.63) is 46.8 Å². The summed E-state index contributed by atoms with van der Waals surface area (Å²) in [6.45, 7) is 5.62. The van der Waals surface area contributed by atoms with Crippen molar-refractivity contribution in [3.63, 3.8) is 0 Å². The number of hydrogen-bond donors (Lipinski definition) is 0. The van der Waals surface area contributed by atoms with E-state index in [1.165, 1.54) is 5.56 Å². The van der Waals surface area contributed by atoms with Crippen LogP contribution < -0.4 is 4.74 Å². The largest absolute Gasteiger partial charge is 0.494 e. The van der Waals surface area contributed by atoms with Gasteiger partial charge in [-0.2, -0.15) is 5.10 Å². The summed E-state index contributed by atoms with van der Waals surface area (Å²) in [5.74, 6) is 0.492. The van der Waals surface area contributed by atoms with E-state index in [4.69, 9.17) is 9.47 Å². The van der Waals surface area contributed by atoms with Gasteiger partial charge in [-0.3, -0.25) is 9.48 Å². The quantitative estimate of drug-likeness (QED) is 0.541. The molecule has 0 saturated heterocycles. The number of carbonyl (C=O) groups excluding carboxylic acids is 2. The van der Waals surface area contributed by atoms with Gasteiger partial charge in [0.2, 0.25) is 5.91 Å². The third kappa shape index (κ3) is 4.52. The Morgan fingerprint density at radius 3 is 2.68 bits per heavy atom. The minimum atomic E-state index is -0.389. The van der Waals surface area contributed by atoms with Gasteiger partial charge in [0.1, 0.15) is 5.75 Å². The Morgan fingerprint density at radius 2 is 1.96 bits per heavy atom. The molecule has 0 atom stereocenters. The van der Waals surface area contributed by atoms with Crippen molar-refractivity contribution in [1.29, 1.82) is 0 Å². The maximum atomic E-state index is 12.6. The van der Waals surface area contributed by atoms with E-state index in [0.717, 1.165) is 17.0 Å². The summed E-state index contributed by atoms with van der Waals surface area (Å²) < 4.78 is 12.4. The number of hydrogen-bond acceptors (Lipinski definition) is 5. The molecule has 1 aliphatic heterocycles. The SMILES string of the molecule is CCOC(=O)c1c2c(nn1C)CCN(C(=O)CCCOc1ccc(C)cc1)C2. The van der Waals surface area contributed by atoms with Gasteiger partial charge in [0, 0.05) is 38.5 Å². The molecule has 150 valence electrons. The van der Waals surface area contributed by atoms with E-state index >= 15 is 0 Å². The van der Waals surface area contributed by atoms with E-state index in [1.807, 2.05) is 31.2 Å². The molecule has 0 N–H and O–H groups in total. The van der Waals surface area contributed by atoms with Crippen molar-refractivity contribution in [3.8, 4) is 5.75 Å². The number of esters is 1. The van der Waals surface area contributed by atoms with Crippen LogP contribution in [0.4, 0.5) is 0 Å². The van der Waals surface area contributed by atoms with E-state index in [9.17, 15) is 9.59 Å². The van der Waals surface area contributed by atoms with Crippen LogP contribution in [0.25, 0.3) is 0 Å². The molecule has 7 heteroatoms. The number of carbonyl (C=O) groups is 2. The molecule has 1 aliphatic rings. The lowest BCUT2D eigenvalue weighted by atomic mass is 10.0. The molecule has 1 aromatic heterocycles. The second-order valence-corrected chi connectivity index (χ2v) is 6.95. The van der Waals surface area contributed by atoms with Gasteiger partial charge in [0.25, 0.3) is 0 Å². The van der Waals surface area contributed by atoms with Crippen LogP contribution in [0, 0.1) is 6.92 Å². The number of nitrogens with zero attached hydrogens (tertiary/aromatic N) is 3. The molecule has 2 aromatic rings. The Balaban J connectivity index is 1.53. The summed E-state index contributed by atoms with van der Waals surface area (Å²) in [5.41, 5.74) is 3.30. The number of ether oxygens (including phenoxy) is 2. The number of aromatic nitrogens is 2. The fourth-order valence-corrected chi connectivity index (χ4v) is 3.37. The van der Waals surface area contributed by atoms with E-state index in [2.05, 4.69) is 5.10 Å². The number of fused-ring (bicyclic) bond motifs is 1. The molecular formula is C21H27N3O4. The van der Waals surface area contributed by atoms with E-state index in [-0.39, 0.29) is 11.9 Å². The number of rotatable bonds is 7. The molecule has 0 radical (unpaired) electrons. The average Bonchev–Trinajstić information content (AvgIpc) is 3.01. The molecule has 7 nitrogen and oxygen atoms in total. The van der Waals surface area contributed by atoms with Crippen LogP contribution >= 0.6 is 0 Å². The smallest absolute Gasteiger partial charge is 0.356 e. The summed E-state index contributed by atoms with van der Waals surface area (Å²) in [6, 6.07) is 7.87. The van der Waals surface area contributed by atoms with Gasteiger partial charge in [0.15, 0.2) is 5.69 Å². The molecule has 0 aliphatic carbocycles. The zero-order valence-electron chi connectivity index (χ0n) is 16.7. The summed E-state index contributed by atoms with van der Waals surface area (Å²) in [5, 5.41) is 4.42. The zero-order valence-corrected chi connectivity index (χ0v) is 16.7. The molecule has 1 amide bonds. The summed E-state index contributed by atoms with van der Waals surface area (Å²) in [7, 11) is 1.74. The predicted molar refractivity (Wildman–Crippen MR) is 104 cm³/mol. The summed E-state index contributed by atoms with van der Waals surface area (Å²) in [6.07, 6.45) is 1.71. The first kappa shape index (κ1) is 19.9. The Kier molecular flexibility index (Phi) is 6.34. The molecule has 0 unspecified atom stereocenters. The average molecular weight is 385 g/mol. The highest BCUT2D eigenvalue weighted by Crippen LogP contribution is 2.23. The van der Waals surface area contributed by atoms with Crippen LogP contribution in [0.5, 0.6) is 5.75 Å². The van der Waals surface area contributed by atoms with Crippen LogP contribution in [0.3, 0.4) is 0 Å². The third-order valence-corrected chi connectivity index (χ3v) is 4.84. The van der Waals surface area contributed by atoms with Gasteiger partial charge in [-0.1, -0.05) is 17.7 Å². The first-order valence-corrected chi connectivity index (χ1v) is 9.68. The lowest BCUT2D eigenvalue weighted by Crippen LogP contribution is -2.36. The molecule has 0 spiro atoms. The van der Waals surface area contributed by atoms with Crippen LogP contribution in [-0.4, -0.2) is 46.3 Å². The topological polar surface area (TPSA) is 73.7 Å². The Hall–Kier alpha value is -2.83. The molecule has 0 bridgehead atoms. The highest BCUT2D eigenvalue weighted by molar-refractivity contribution is 5.90. The van der Waals surface area contributed by atoms with Crippen molar-refractivity contribution >= 4 is 11.9 Å². The maximum Gasteiger partial charge on any atom is 0.356 e. The van der Waals surface area contributed by atoms with Crippen LogP contribution in [0.2, 0.25) is 0 Å². The third-order valence-electron chi connectivity index (χ3n) is 4.84. The molecule has 28 heavy (non-hydrogen) atoms. The minimum Gasteiger partial charge on any atom is -0.494 e. The predicted octanol–water partition coefficient (Wildman–Crippen LogP) is 2.65. The fourth-order valence-electron chi connectivity index (χ4n) is 3.37.